The summed E-state index contributed by atoms with van der Waals surface area (Å²) in [6.07, 6.45) is 0. The first-order chi connectivity index (χ1) is 11.5. The van der Waals surface area contributed by atoms with Gasteiger partial charge in [0, 0.05) is 11.3 Å². The van der Waals surface area contributed by atoms with E-state index in [0.717, 1.165) is 21.8 Å². The van der Waals surface area contributed by atoms with Crippen LogP contribution in [0, 0.1) is 20.8 Å². The van der Waals surface area contributed by atoms with Crippen molar-refractivity contribution in [2.24, 2.45) is 0 Å². The molecule has 0 fully saturated rings. The number of benzene rings is 2. The number of hydrogen-bond donors (Lipinski definition) is 2. The maximum absolute atomic E-state index is 12.1. The lowest BCUT2D eigenvalue weighted by molar-refractivity contribution is 0.262. The molecule has 3 aromatic rings. The number of aryl methyl sites for hydroxylation is 3. The van der Waals surface area contributed by atoms with Crippen molar-refractivity contribution in [3.05, 3.63) is 59.2 Å². The minimum Gasteiger partial charge on any atom is -0.308 e. The third-order valence-corrected chi connectivity index (χ3v) is 4.60. The highest BCUT2D eigenvalue weighted by Crippen LogP contribution is 2.26. The summed E-state index contributed by atoms with van der Waals surface area (Å²) in [7, 11) is 0. The summed E-state index contributed by atoms with van der Waals surface area (Å²) in [4.78, 5) is 12.1. The first-order valence-electron chi connectivity index (χ1n) is 7.57. The summed E-state index contributed by atoms with van der Waals surface area (Å²) in [5.41, 5.74) is 5.24. The van der Waals surface area contributed by atoms with Gasteiger partial charge in [0.05, 0.1) is 0 Å². The van der Waals surface area contributed by atoms with E-state index in [0.29, 0.717) is 5.13 Å². The van der Waals surface area contributed by atoms with E-state index in [9.17, 15) is 4.79 Å². The first-order valence-corrected chi connectivity index (χ1v) is 8.39. The quantitative estimate of drug-likeness (QED) is 0.722. The normalized spacial score (nSPS) is 10.5. The summed E-state index contributed by atoms with van der Waals surface area (Å²) in [6, 6.07) is 13.5. The molecule has 0 unspecified atom stereocenters. The van der Waals surface area contributed by atoms with Crippen LogP contribution in [-0.2, 0) is 0 Å². The standard InChI is InChI=1S/C18H18N4OS/c1-11-4-7-14(8-5-11)16-21-22-18(24-16)20-17(23)19-15-9-6-12(2)13(3)10-15/h4-10H,1-3H3,(H2,19,20,22,23). The number of nitrogens with zero attached hydrogens (tertiary/aromatic N) is 2. The predicted molar refractivity (Wildman–Crippen MR) is 98.6 cm³/mol. The molecule has 0 spiro atoms. The second kappa shape index (κ2) is 6.80. The van der Waals surface area contributed by atoms with Crippen LogP contribution in [0.3, 0.4) is 0 Å². The summed E-state index contributed by atoms with van der Waals surface area (Å²) in [5.74, 6) is 0. The second-order valence-electron chi connectivity index (χ2n) is 5.66. The highest BCUT2D eigenvalue weighted by Gasteiger charge is 2.10. The monoisotopic (exact) mass is 338 g/mol. The highest BCUT2D eigenvalue weighted by atomic mass is 32.1. The number of urea groups is 1. The summed E-state index contributed by atoms with van der Waals surface area (Å²) in [5, 5.41) is 14.9. The van der Waals surface area contributed by atoms with E-state index in [1.165, 1.54) is 22.5 Å². The Kier molecular flexibility index (Phi) is 4.57. The molecular weight excluding hydrogens is 320 g/mol. The van der Waals surface area contributed by atoms with Crippen LogP contribution in [-0.4, -0.2) is 16.2 Å². The third-order valence-electron chi connectivity index (χ3n) is 3.71. The van der Waals surface area contributed by atoms with E-state index in [4.69, 9.17) is 0 Å². The van der Waals surface area contributed by atoms with Crippen molar-refractivity contribution >= 4 is 28.2 Å². The van der Waals surface area contributed by atoms with Crippen LogP contribution in [0.15, 0.2) is 42.5 Å². The molecule has 1 heterocycles. The number of hydrogen-bond acceptors (Lipinski definition) is 4. The van der Waals surface area contributed by atoms with Gasteiger partial charge < -0.3 is 5.32 Å². The number of aromatic nitrogens is 2. The second-order valence-corrected chi connectivity index (χ2v) is 6.63. The molecule has 1 aromatic heterocycles. The lowest BCUT2D eigenvalue weighted by atomic mass is 10.1. The van der Waals surface area contributed by atoms with Gasteiger partial charge >= 0.3 is 6.03 Å². The number of carbonyl (C=O) groups excluding carboxylic acids is 1. The Labute approximate surface area is 144 Å². The Morgan fingerprint density at radius 3 is 2.38 bits per heavy atom. The Morgan fingerprint density at radius 1 is 0.917 bits per heavy atom. The van der Waals surface area contributed by atoms with E-state index in [1.54, 1.807) is 0 Å². The third kappa shape index (κ3) is 3.78. The van der Waals surface area contributed by atoms with E-state index in [1.807, 2.05) is 63.2 Å². The van der Waals surface area contributed by atoms with Crippen LogP contribution in [0.4, 0.5) is 15.6 Å². The van der Waals surface area contributed by atoms with Gasteiger partial charge in [-0.05, 0) is 44.0 Å². The molecule has 0 aliphatic heterocycles. The molecule has 0 aliphatic carbocycles. The number of nitrogens with one attached hydrogen (secondary N) is 2. The van der Waals surface area contributed by atoms with Gasteiger partial charge in [0.15, 0.2) is 0 Å². The largest absolute Gasteiger partial charge is 0.325 e. The fourth-order valence-corrected chi connectivity index (χ4v) is 2.91. The molecule has 122 valence electrons. The van der Waals surface area contributed by atoms with Crippen molar-refractivity contribution < 1.29 is 4.79 Å². The van der Waals surface area contributed by atoms with Crippen molar-refractivity contribution in [3.8, 4) is 10.6 Å². The first kappa shape index (κ1) is 16.1. The fourth-order valence-electron chi connectivity index (χ4n) is 2.17. The number of rotatable bonds is 3. The highest BCUT2D eigenvalue weighted by molar-refractivity contribution is 7.18. The Hall–Kier alpha value is -2.73. The average Bonchev–Trinajstić information content (AvgIpc) is 3.00. The zero-order valence-electron chi connectivity index (χ0n) is 13.8. The minimum atomic E-state index is -0.329. The predicted octanol–water partition coefficient (Wildman–Crippen LogP) is 4.77. The van der Waals surface area contributed by atoms with E-state index in [2.05, 4.69) is 20.8 Å². The van der Waals surface area contributed by atoms with Crippen molar-refractivity contribution in [1.29, 1.82) is 0 Å². The molecule has 0 atom stereocenters. The number of amides is 2. The maximum atomic E-state index is 12.1. The minimum absolute atomic E-state index is 0.329. The van der Waals surface area contributed by atoms with Gasteiger partial charge in [0.1, 0.15) is 5.01 Å². The van der Waals surface area contributed by atoms with Crippen molar-refractivity contribution in [2.45, 2.75) is 20.8 Å². The molecule has 3 rings (SSSR count). The molecule has 0 bridgehead atoms. The SMILES string of the molecule is Cc1ccc(-c2nnc(NC(=O)Nc3ccc(C)c(C)c3)s2)cc1. The van der Waals surface area contributed by atoms with Gasteiger partial charge in [-0.15, -0.1) is 10.2 Å². The van der Waals surface area contributed by atoms with Crippen LogP contribution in [0.1, 0.15) is 16.7 Å². The molecule has 0 saturated heterocycles. The van der Waals surface area contributed by atoms with Gasteiger partial charge in [0.25, 0.3) is 0 Å². The Morgan fingerprint density at radius 2 is 1.67 bits per heavy atom. The molecular formula is C18H18N4OS. The van der Waals surface area contributed by atoms with E-state index >= 15 is 0 Å². The van der Waals surface area contributed by atoms with Gasteiger partial charge in [-0.3, -0.25) is 5.32 Å². The van der Waals surface area contributed by atoms with Crippen molar-refractivity contribution in [3.63, 3.8) is 0 Å². The lowest BCUT2D eigenvalue weighted by Crippen LogP contribution is -2.19. The van der Waals surface area contributed by atoms with Crippen molar-refractivity contribution in [2.75, 3.05) is 10.6 Å². The zero-order valence-corrected chi connectivity index (χ0v) is 14.6. The Bertz CT molecular complexity index is 871. The average molecular weight is 338 g/mol. The molecule has 0 radical (unpaired) electrons. The van der Waals surface area contributed by atoms with Crippen LogP contribution < -0.4 is 10.6 Å². The van der Waals surface area contributed by atoms with Gasteiger partial charge in [-0.2, -0.15) is 0 Å². The van der Waals surface area contributed by atoms with Gasteiger partial charge in [-0.1, -0.05) is 47.2 Å². The van der Waals surface area contributed by atoms with Crippen molar-refractivity contribution in [1.82, 2.24) is 10.2 Å². The van der Waals surface area contributed by atoms with Crippen LogP contribution >= 0.6 is 11.3 Å². The lowest BCUT2D eigenvalue weighted by Gasteiger charge is -2.07. The summed E-state index contributed by atoms with van der Waals surface area (Å²) in [6.45, 7) is 6.08. The zero-order chi connectivity index (χ0) is 17.1. The van der Waals surface area contributed by atoms with Crippen LogP contribution in [0.5, 0.6) is 0 Å². The Balaban J connectivity index is 1.66. The molecule has 5 nitrogen and oxygen atoms in total. The summed E-state index contributed by atoms with van der Waals surface area (Å²) >= 11 is 1.34. The van der Waals surface area contributed by atoms with Crippen LogP contribution in [0.25, 0.3) is 10.6 Å². The topological polar surface area (TPSA) is 66.9 Å². The number of anilines is 2. The molecule has 0 aliphatic rings. The smallest absolute Gasteiger partial charge is 0.308 e. The van der Waals surface area contributed by atoms with Gasteiger partial charge in [0.2, 0.25) is 5.13 Å². The molecule has 2 amide bonds. The van der Waals surface area contributed by atoms with E-state index < -0.39 is 0 Å². The maximum Gasteiger partial charge on any atom is 0.325 e. The molecule has 0 saturated carbocycles. The van der Waals surface area contributed by atoms with Crippen LogP contribution in [0.2, 0.25) is 0 Å². The molecule has 24 heavy (non-hydrogen) atoms. The van der Waals surface area contributed by atoms with Gasteiger partial charge in [-0.25, -0.2) is 4.79 Å². The fraction of sp³-hybridized carbons (Fsp3) is 0.167. The molecule has 6 heteroatoms. The molecule has 2 N–H and O–H groups in total. The number of carbonyl (C=O) groups is 1. The summed E-state index contributed by atoms with van der Waals surface area (Å²) < 4.78 is 0. The van der Waals surface area contributed by atoms with E-state index in [-0.39, 0.29) is 6.03 Å². The molecule has 2 aromatic carbocycles.